The zero-order valence-electron chi connectivity index (χ0n) is 19.2. The Morgan fingerprint density at radius 3 is 2.71 bits per heavy atom. The Kier molecular flexibility index (Phi) is 7.19. The van der Waals surface area contributed by atoms with E-state index in [0.717, 1.165) is 5.56 Å². The molecule has 1 aliphatic rings. The molecule has 0 saturated carbocycles. The highest BCUT2D eigenvalue weighted by molar-refractivity contribution is 5.91. The predicted molar refractivity (Wildman–Crippen MR) is 123 cm³/mol. The van der Waals surface area contributed by atoms with Crippen LogP contribution in [0.15, 0.2) is 30.6 Å². The van der Waals surface area contributed by atoms with Gasteiger partial charge < -0.3 is 19.7 Å². The summed E-state index contributed by atoms with van der Waals surface area (Å²) in [5.41, 5.74) is 1.51. The SMILES string of the molecule is CC(C)C(=O)Nc1nc(OCCc2ccc([N+](=O)[O-])cc2)c2ncn(C3CC(O)C(CO)O3)c2n1. The van der Waals surface area contributed by atoms with E-state index in [2.05, 4.69) is 20.3 Å². The molecular weight excluding hydrogens is 460 g/mol. The maximum atomic E-state index is 12.3. The second-order valence-corrected chi connectivity index (χ2v) is 8.46. The van der Waals surface area contributed by atoms with Crippen molar-refractivity contribution in [2.75, 3.05) is 18.5 Å². The first-order valence-electron chi connectivity index (χ1n) is 11.1. The number of nitrogens with one attached hydrogen (secondary N) is 1. The molecule has 3 N–H and O–H groups in total. The number of rotatable bonds is 9. The van der Waals surface area contributed by atoms with Gasteiger partial charge in [-0.3, -0.25) is 24.8 Å². The van der Waals surface area contributed by atoms with Crippen LogP contribution in [0.3, 0.4) is 0 Å². The molecule has 1 saturated heterocycles. The predicted octanol–water partition coefficient (Wildman–Crippen LogP) is 1.59. The number of carbonyl (C=O) groups is 1. The molecule has 0 aliphatic carbocycles. The Morgan fingerprint density at radius 2 is 2.09 bits per heavy atom. The van der Waals surface area contributed by atoms with Gasteiger partial charge >= 0.3 is 0 Å². The number of nitro groups is 1. The van der Waals surface area contributed by atoms with Gasteiger partial charge in [0.25, 0.3) is 5.69 Å². The fourth-order valence-corrected chi connectivity index (χ4v) is 3.61. The first kappa shape index (κ1) is 24.4. The maximum absolute atomic E-state index is 12.3. The van der Waals surface area contributed by atoms with E-state index in [1.54, 1.807) is 30.5 Å². The highest BCUT2D eigenvalue weighted by atomic mass is 16.6. The van der Waals surface area contributed by atoms with E-state index in [1.165, 1.54) is 18.5 Å². The van der Waals surface area contributed by atoms with Crippen molar-refractivity contribution >= 4 is 28.7 Å². The van der Waals surface area contributed by atoms with Crippen molar-refractivity contribution in [3.63, 3.8) is 0 Å². The average Bonchev–Trinajstić information content (AvgIpc) is 3.42. The monoisotopic (exact) mass is 486 g/mol. The molecule has 1 aromatic carbocycles. The molecule has 3 aromatic rings. The number of non-ortho nitro benzene ring substituents is 1. The minimum absolute atomic E-state index is 0.00550. The van der Waals surface area contributed by atoms with Gasteiger partial charge in [-0.2, -0.15) is 9.97 Å². The van der Waals surface area contributed by atoms with Crippen LogP contribution in [0.5, 0.6) is 5.88 Å². The van der Waals surface area contributed by atoms with Gasteiger partial charge in [-0.1, -0.05) is 26.0 Å². The van der Waals surface area contributed by atoms with Crippen LogP contribution < -0.4 is 10.1 Å². The molecule has 0 spiro atoms. The highest BCUT2D eigenvalue weighted by Crippen LogP contribution is 2.33. The largest absolute Gasteiger partial charge is 0.476 e. The molecule has 3 heterocycles. The maximum Gasteiger partial charge on any atom is 0.269 e. The van der Waals surface area contributed by atoms with Crippen LogP contribution in [0, 0.1) is 16.0 Å². The van der Waals surface area contributed by atoms with Crippen molar-refractivity contribution in [1.29, 1.82) is 0 Å². The third-order valence-corrected chi connectivity index (χ3v) is 5.62. The number of nitrogens with zero attached hydrogens (tertiary/aromatic N) is 5. The molecule has 1 aliphatic heterocycles. The van der Waals surface area contributed by atoms with E-state index >= 15 is 0 Å². The van der Waals surface area contributed by atoms with Crippen LogP contribution in [0.4, 0.5) is 11.6 Å². The minimum atomic E-state index is -0.846. The topological polar surface area (TPSA) is 175 Å². The lowest BCUT2D eigenvalue weighted by Gasteiger charge is -2.15. The second kappa shape index (κ2) is 10.3. The van der Waals surface area contributed by atoms with E-state index in [1.807, 2.05) is 0 Å². The lowest BCUT2D eigenvalue weighted by atomic mass is 10.1. The van der Waals surface area contributed by atoms with E-state index in [4.69, 9.17) is 9.47 Å². The number of aliphatic hydroxyl groups excluding tert-OH is 2. The van der Waals surface area contributed by atoms with Gasteiger partial charge in [-0.05, 0) is 5.56 Å². The summed E-state index contributed by atoms with van der Waals surface area (Å²) >= 11 is 0. The molecular formula is C22H26N6O7. The number of hydrogen-bond acceptors (Lipinski definition) is 10. The smallest absolute Gasteiger partial charge is 0.269 e. The number of nitro benzene ring substituents is 1. The fraction of sp³-hybridized carbons (Fsp3) is 0.455. The van der Waals surface area contributed by atoms with Crippen LogP contribution in [0.2, 0.25) is 0 Å². The first-order chi connectivity index (χ1) is 16.8. The number of imidazole rings is 1. The van der Waals surface area contributed by atoms with E-state index in [9.17, 15) is 25.1 Å². The van der Waals surface area contributed by atoms with Crippen molar-refractivity contribution in [3.8, 4) is 5.88 Å². The number of fused-ring (bicyclic) bond motifs is 1. The molecule has 3 unspecified atom stereocenters. The molecule has 186 valence electrons. The van der Waals surface area contributed by atoms with Crippen molar-refractivity contribution in [2.24, 2.45) is 5.92 Å². The Hall–Kier alpha value is -3.68. The van der Waals surface area contributed by atoms with Gasteiger partial charge in [0.15, 0.2) is 11.2 Å². The number of amides is 1. The Bertz CT molecular complexity index is 1210. The third kappa shape index (κ3) is 5.37. The number of carbonyl (C=O) groups excluding carboxylic acids is 1. The molecule has 4 rings (SSSR count). The number of benzene rings is 1. The van der Waals surface area contributed by atoms with Gasteiger partial charge in [0.2, 0.25) is 17.7 Å². The van der Waals surface area contributed by atoms with Crippen LogP contribution in [0.1, 0.15) is 32.1 Å². The summed E-state index contributed by atoms with van der Waals surface area (Å²) in [6.45, 7) is 3.34. The van der Waals surface area contributed by atoms with Gasteiger partial charge in [0.1, 0.15) is 12.3 Å². The first-order valence-corrected chi connectivity index (χ1v) is 11.1. The van der Waals surface area contributed by atoms with Crippen molar-refractivity contribution in [1.82, 2.24) is 19.5 Å². The summed E-state index contributed by atoms with van der Waals surface area (Å²) in [6, 6.07) is 6.16. The van der Waals surface area contributed by atoms with Crippen LogP contribution in [-0.4, -0.2) is 66.0 Å². The number of ether oxygens (including phenoxy) is 2. The Morgan fingerprint density at radius 1 is 1.34 bits per heavy atom. The van der Waals surface area contributed by atoms with Crippen LogP contribution in [-0.2, 0) is 16.0 Å². The lowest BCUT2D eigenvalue weighted by molar-refractivity contribution is -0.384. The third-order valence-electron chi connectivity index (χ3n) is 5.62. The van der Waals surface area contributed by atoms with Crippen LogP contribution >= 0.6 is 0 Å². The molecule has 2 aromatic heterocycles. The summed E-state index contributed by atoms with van der Waals surface area (Å²) < 4.78 is 13.2. The summed E-state index contributed by atoms with van der Waals surface area (Å²) in [6.07, 6.45) is -0.0332. The minimum Gasteiger partial charge on any atom is -0.476 e. The normalized spacial score (nSPS) is 19.9. The molecule has 1 fully saturated rings. The molecule has 0 bridgehead atoms. The van der Waals surface area contributed by atoms with E-state index in [-0.39, 0.29) is 49.0 Å². The summed E-state index contributed by atoms with van der Waals surface area (Å²) in [7, 11) is 0. The molecule has 35 heavy (non-hydrogen) atoms. The van der Waals surface area contributed by atoms with E-state index < -0.39 is 23.4 Å². The number of aliphatic hydroxyl groups is 2. The van der Waals surface area contributed by atoms with Gasteiger partial charge in [-0.25, -0.2) is 4.98 Å². The lowest BCUT2D eigenvalue weighted by Crippen LogP contribution is -2.24. The molecule has 13 nitrogen and oxygen atoms in total. The van der Waals surface area contributed by atoms with Crippen molar-refractivity contribution in [2.45, 2.75) is 45.1 Å². The summed E-state index contributed by atoms with van der Waals surface area (Å²) in [5.74, 6) is -0.406. The molecule has 3 atom stereocenters. The van der Waals surface area contributed by atoms with Crippen LogP contribution in [0.25, 0.3) is 11.2 Å². The zero-order valence-corrected chi connectivity index (χ0v) is 19.2. The fourth-order valence-electron chi connectivity index (χ4n) is 3.61. The zero-order chi connectivity index (χ0) is 25.1. The Labute approximate surface area is 199 Å². The van der Waals surface area contributed by atoms with Crippen molar-refractivity contribution in [3.05, 3.63) is 46.3 Å². The Balaban J connectivity index is 1.59. The van der Waals surface area contributed by atoms with Gasteiger partial charge in [0, 0.05) is 30.9 Å². The summed E-state index contributed by atoms with van der Waals surface area (Å²) in [4.78, 5) is 35.7. The summed E-state index contributed by atoms with van der Waals surface area (Å²) in [5, 5.41) is 33.0. The van der Waals surface area contributed by atoms with Gasteiger partial charge in [0.05, 0.1) is 30.6 Å². The molecule has 1 amide bonds. The highest BCUT2D eigenvalue weighted by Gasteiger charge is 2.35. The van der Waals surface area contributed by atoms with Gasteiger partial charge in [-0.15, -0.1) is 0 Å². The standard InChI is InChI=1S/C22H26N6O7/c1-12(2)20(31)25-22-24-19-18(23-11-27(19)17-9-15(30)16(10-29)35-17)21(26-22)34-8-7-13-3-5-14(6-4-13)28(32)33/h3-6,11-12,15-17,29-30H,7-10H2,1-2H3,(H,24,25,26,31). The second-order valence-electron chi connectivity index (χ2n) is 8.46. The number of hydrogen-bond donors (Lipinski definition) is 3. The average molecular weight is 486 g/mol. The number of aromatic nitrogens is 4. The molecule has 0 radical (unpaired) electrons. The van der Waals surface area contributed by atoms with Crippen molar-refractivity contribution < 1.29 is 29.4 Å². The quantitative estimate of drug-likeness (QED) is 0.297. The molecule has 13 heteroatoms. The van der Waals surface area contributed by atoms with E-state index in [0.29, 0.717) is 17.6 Å². The number of anilines is 1.